The minimum atomic E-state index is -3.48. The number of unbranched alkanes of at least 4 members (excludes halogenated alkanes) is 1. The van der Waals surface area contributed by atoms with Gasteiger partial charge in [0, 0.05) is 17.4 Å². The third-order valence-corrected chi connectivity index (χ3v) is 5.62. The van der Waals surface area contributed by atoms with Crippen molar-refractivity contribution in [1.29, 1.82) is 0 Å². The van der Waals surface area contributed by atoms with E-state index < -0.39 is 33.7 Å². The lowest BCUT2D eigenvalue weighted by Crippen LogP contribution is -2.25. The average Bonchev–Trinajstić information content (AvgIpc) is 2.78. The summed E-state index contributed by atoms with van der Waals surface area (Å²) in [5, 5.41) is 21.2. The lowest BCUT2D eigenvalue weighted by molar-refractivity contribution is -0.757. The molecule has 0 saturated carbocycles. The SMILES string of the molecule is CS(=O)(=O)c1ccc(/C(COC(=O)OCCCCO[N+](=O)[O-])=C(/C(=O)[O-])c2ccccc2)cc1. The minimum absolute atomic E-state index is 0.0340. The Morgan fingerprint density at radius 1 is 0.912 bits per heavy atom. The van der Waals surface area contributed by atoms with E-state index in [1.165, 1.54) is 24.3 Å². The van der Waals surface area contributed by atoms with E-state index >= 15 is 0 Å². The number of carbonyl (C=O) groups excluding carboxylic acids is 2. The number of ether oxygens (including phenoxy) is 2. The average molecular weight is 492 g/mol. The quantitative estimate of drug-likeness (QED) is 0.107. The topological polar surface area (TPSA) is 162 Å². The molecule has 0 atom stereocenters. The molecule has 34 heavy (non-hydrogen) atoms. The zero-order chi connectivity index (χ0) is 25.1. The number of carboxylic acids is 1. The predicted octanol–water partition coefficient (Wildman–Crippen LogP) is 1.89. The summed E-state index contributed by atoms with van der Waals surface area (Å²) in [7, 11) is -3.48. The molecule has 0 spiro atoms. The fourth-order valence-corrected chi connectivity index (χ4v) is 3.53. The molecule has 0 radical (unpaired) electrons. The molecule has 0 aromatic heterocycles. The van der Waals surface area contributed by atoms with Gasteiger partial charge in [-0.2, -0.15) is 0 Å². The molecule has 0 heterocycles. The standard InChI is InChI=1S/C22H23NO10S/c1-34(29,30)18-11-9-16(10-12-18)19(20(21(24)25)17-7-3-2-4-8-17)15-32-22(26)31-13-5-6-14-33-23(27)28/h2-4,7-12H,5-6,13-15H2,1H3,(H,24,25)/p-1/b20-19+. The van der Waals surface area contributed by atoms with Gasteiger partial charge in [-0.05, 0) is 36.1 Å². The number of nitrogens with zero attached hydrogens (tertiary/aromatic N) is 1. The van der Waals surface area contributed by atoms with Gasteiger partial charge in [0.2, 0.25) is 0 Å². The molecule has 0 fully saturated rings. The zero-order valence-electron chi connectivity index (χ0n) is 18.2. The Hall–Kier alpha value is -3.93. The summed E-state index contributed by atoms with van der Waals surface area (Å²) >= 11 is 0. The van der Waals surface area contributed by atoms with E-state index in [1.54, 1.807) is 30.3 Å². The molecular formula is C22H22NO10S-. The van der Waals surface area contributed by atoms with E-state index in [1.807, 2.05) is 0 Å². The van der Waals surface area contributed by atoms with Gasteiger partial charge in [-0.3, -0.25) is 0 Å². The molecule has 0 aliphatic carbocycles. The Bertz CT molecular complexity index is 1140. The summed E-state index contributed by atoms with van der Waals surface area (Å²) in [5.41, 5.74) is 0.438. The molecule has 11 nitrogen and oxygen atoms in total. The molecular weight excluding hydrogens is 470 g/mol. The molecule has 0 bridgehead atoms. The minimum Gasteiger partial charge on any atom is -0.545 e. The first-order valence-corrected chi connectivity index (χ1v) is 11.9. The number of hydrogen-bond donors (Lipinski definition) is 0. The predicted molar refractivity (Wildman–Crippen MR) is 117 cm³/mol. The second kappa shape index (κ2) is 12.3. The normalized spacial score (nSPS) is 11.8. The number of carboxylic acid groups (broad SMARTS) is 1. The van der Waals surface area contributed by atoms with E-state index in [2.05, 4.69) is 4.84 Å². The summed E-state index contributed by atoms with van der Waals surface area (Å²) in [6, 6.07) is 13.5. The third-order valence-electron chi connectivity index (χ3n) is 4.49. The van der Waals surface area contributed by atoms with Gasteiger partial charge in [-0.15, -0.1) is 10.1 Å². The maximum Gasteiger partial charge on any atom is 0.508 e. The first-order chi connectivity index (χ1) is 16.1. The molecule has 0 N–H and O–H groups in total. The highest BCUT2D eigenvalue weighted by molar-refractivity contribution is 7.90. The molecule has 182 valence electrons. The number of sulfone groups is 1. The van der Waals surface area contributed by atoms with Crippen LogP contribution in [0.25, 0.3) is 11.1 Å². The molecule has 2 rings (SSSR count). The number of aliphatic carboxylic acids is 1. The molecule has 0 unspecified atom stereocenters. The first kappa shape index (κ1) is 26.3. The van der Waals surface area contributed by atoms with Crippen LogP contribution in [0.2, 0.25) is 0 Å². The maximum atomic E-state index is 12.0. The van der Waals surface area contributed by atoms with Gasteiger partial charge in [0.15, 0.2) is 9.84 Å². The number of rotatable bonds is 12. The fraction of sp³-hybridized carbons (Fsp3) is 0.273. The smallest absolute Gasteiger partial charge is 0.508 e. The van der Waals surface area contributed by atoms with Crippen LogP contribution in [0.4, 0.5) is 4.79 Å². The van der Waals surface area contributed by atoms with Gasteiger partial charge < -0.3 is 24.2 Å². The van der Waals surface area contributed by atoms with Gasteiger partial charge in [0.25, 0.3) is 5.09 Å². The van der Waals surface area contributed by atoms with Crippen molar-refractivity contribution in [3.63, 3.8) is 0 Å². The Kier molecular flexibility index (Phi) is 9.56. The van der Waals surface area contributed by atoms with Crippen LogP contribution >= 0.6 is 0 Å². The monoisotopic (exact) mass is 492 g/mol. The Labute approximate surface area is 195 Å². The van der Waals surface area contributed by atoms with Crippen molar-refractivity contribution in [3.8, 4) is 0 Å². The van der Waals surface area contributed by atoms with Gasteiger partial charge in [-0.25, -0.2) is 13.2 Å². The van der Waals surface area contributed by atoms with Crippen LogP contribution in [0, 0.1) is 10.1 Å². The summed E-state index contributed by atoms with van der Waals surface area (Å²) in [5.74, 6) is -1.52. The van der Waals surface area contributed by atoms with Crippen LogP contribution in [-0.4, -0.2) is 51.7 Å². The summed E-state index contributed by atoms with van der Waals surface area (Å²) < 4.78 is 33.5. The van der Waals surface area contributed by atoms with Crippen molar-refractivity contribution < 1.29 is 42.5 Å². The Morgan fingerprint density at radius 2 is 1.53 bits per heavy atom. The largest absolute Gasteiger partial charge is 0.545 e. The van der Waals surface area contributed by atoms with E-state index in [0.29, 0.717) is 11.1 Å². The van der Waals surface area contributed by atoms with Gasteiger partial charge in [0.05, 0.1) is 24.1 Å². The highest BCUT2D eigenvalue weighted by Gasteiger charge is 2.17. The summed E-state index contributed by atoms with van der Waals surface area (Å²) in [6.07, 6.45) is 0.519. The second-order valence-electron chi connectivity index (χ2n) is 6.95. The third kappa shape index (κ3) is 8.20. The molecule has 0 aliphatic rings. The molecule has 0 aliphatic heterocycles. The van der Waals surface area contributed by atoms with Crippen LogP contribution in [0.1, 0.15) is 24.0 Å². The fourth-order valence-electron chi connectivity index (χ4n) is 2.89. The van der Waals surface area contributed by atoms with Crippen LogP contribution in [0.3, 0.4) is 0 Å². The Balaban J connectivity index is 2.22. The van der Waals surface area contributed by atoms with Crippen molar-refractivity contribution >= 4 is 33.1 Å². The number of hydrogen-bond acceptors (Lipinski definition) is 10. The van der Waals surface area contributed by atoms with Crippen molar-refractivity contribution in [3.05, 3.63) is 75.8 Å². The summed E-state index contributed by atoms with van der Waals surface area (Å²) in [4.78, 5) is 38.2. The van der Waals surface area contributed by atoms with Crippen molar-refractivity contribution in [2.45, 2.75) is 17.7 Å². The highest BCUT2D eigenvalue weighted by atomic mass is 32.2. The lowest BCUT2D eigenvalue weighted by atomic mass is 9.95. The van der Waals surface area contributed by atoms with Crippen molar-refractivity contribution in [1.82, 2.24) is 0 Å². The van der Waals surface area contributed by atoms with Crippen LogP contribution in [-0.2, 0) is 28.9 Å². The van der Waals surface area contributed by atoms with Gasteiger partial charge >= 0.3 is 6.16 Å². The van der Waals surface area contributed by atoms with E-state index in [0.717, 1.165) is 6.26 Å². The van der Waals surface area contributed by atoms with Gasteiger partial charge in [0.1, 0.15) is 6.61 Å². The second-order valence-corrected chi connectivity index (χ2v) is 8.97. The molecule has 2 aromatic rings. The van der Waals surface area contributed by atoms with Crippen molar-refractivity contribution in [2.24, 2.45) is 0 Å². The highest BCUT2D eigenvalue weighted by Crippen LogP contribution is 2.28. The molecule has 0 amide bonds. The zero-order valence-corrected chi connectivity index (χ0v) is 19.0. The van der Waals surface area contributed by atoms with Gasteiger partial charge in [-0.1, -0.05) is 42.5 Å². The lowest BCUT2D eigenvalue weighted by Gasteiger charge is -2.18. The molecule has 2 aromatic carbocycles. The summed E-state index contributed by atoms with van der Waals surface area (Å²) in [6.45, 7) is -0.735. The van der Waals surface area contributed by atoms with Crippen LogP contribution in [0.15, 0.2) is 59.5 Å². The van der Waals surface area contributed by atoms with Crippen LogP contribution < -0.4 is 5.11 Å². The molecule has 12 heteroatoms. The van der Waals surface area contributed by atoms with Crippen molar-refractivity contribution in [2.75, 3.05) is 26.1 Å². The van der Waals surface area contributed by atoms with E-state index in [-0.39, 0.29) is 42.1 Å². The maximum absolute atomic E-state index is 12.0. The first-order valence-electron chi connectivity index (χ1n) is 9.97. The number of benzene rings is 2. The van der Waals surface area contributed by atoms with E-state index in [9.17, 15) is 33.2 Å². The Morgan fingerprint density at radius 3 is 2.09 bits per heavy atom. The molecule has 0 saturated heterocycles. The van der Waals surface area contributed by atoms with E-state index in [4.69, 9.17) is 9.47 Å². The number of carbonyl (C=O) groups is 2. The van der Waals surface area contributed by atoms with Crippen LogP contribution in [0.5, 0.6) is 0 Å².